The van der Waals surface area contributed by atoms with Gasteiger partial charge in [-0.2, -0.15) is 0 Å². The number of carbonyl (C=O) groups is 2. The third-order valence-corrected chi connectivity index (χ3v) is 4.63. The van der Waals surface area contributed by atoms with Crippen molar-refractivity contribution >= 4 is 34.2 Å². The Labute approximate surface area is 149 Å². The highest BCUT2D eigenvalue weighted by Gasteiger charge is 2.22. The molecule has 5 nitrogen and oxygen atoms in total. The molecule has 0 bridgehead atoms. The molecule has 1 N–H and O–H groups in total. The van der Waals surface area contributed by atoms with Gasteiger partial charge in [0.2, 0.25) is 5.91 Å². The van der Waals surface area contributed by atoms with Crippen LogP contribution in [0.4, 0.5) is 15.8 Å². The molecule has 0 radical (unpaired) electrons. The Morgan fingerprint density at radius 2 is 1.96 bits per heavy atom. The number of para-hydroxylation sites is 1. The molecule has 2 amide bonds. The summed E-state index contributed by atoms with van der Waals surface area (Å²) in [5, 5.41) is 3.33. The first kappa shape index (κ1) is 16.3. The Bertz CT molecular complexity index is 1010. The quantitative estimate of drug-likeness (QED) is 0.766. The van der Waals surface area contributed by atoms with E-state index >= 15 is 0 Å². The van der Waals surface area contributed by atoms with E-state index < -0.39 is 11.7 Å². The first-order valence-corrected chi connectivity index (χ1v) is 8.44. The highest BCUT2D eigenvalue weighted by atomic mass is 19.1. The fourth-order valence-electron chi connectivity index (χ4n) is 3.26. The maximum atomic E-state index is 13.8. The van der Waals surface area contributed by atoms with Crippen LogP contribution in [0.25, 0.3) is 11.0 Å². The lowest BCUT2D eigenvalue weighted by Crippen LogP contribution is -2.23. The summed E-state index contributed by atoms with van der Waals surface area (Å²) in [6, 6.07) is 11.7. The normalized spacial score (nSPS) is 14.2. The fourth-order valence-corrected chi connectivity index (χ4v) is 3.26. The molecule has 2 aromatic carbocycles. The number of fused-ring (bicyclic) bond motifs is 1. The number of rotatable bonds is 3. The zero-order valence-corrected chi connectivity index (χ0v) is 14.2. The van der Waals surface area contributed by atoms with Crippen molar-refractivity contribution in [2.75, 3.05) is 16.8 Å². The summed E-state index contributed by atoms with van der Waals surface area (Å²) in [6.07, 6.45) is 1.43. The van der Waals surface area contributed by atoms with Crippen LogP contribution in [0.3, 0.4) is 0 Å². The molecule has 0 aliphatic carbocycles. The van der Waals surface area contributed by atoms with E-state index in [9.17, 15) is 14.0 Å². The van der Waals surface area contributed by atoms with Gasteiger partial charge in [0.15, 0.2) is 17.2 Å². The Morgan fingerprint density at radius 3 is 2.62 bits per heavy atom. The molecule has 0 spiro atoms. The summed E-state index contributed by atoms with van der Waals surface area (Å²) in [7, 11) is 0. The molecule has 3 aromatic rings. The predicted octanol–water partition coefficient (Wildman–Crippen LogP) is 4.26. The van der Waals surface area contributed by atoms with Crippen molar-refractivity contribution in [2.24, 2.45) is 0 Å². The predicted molar refractivity (Wildman–Crippen MR) is 96.9 cm³/mol. The van der Waals surface area contributed by atoms with Crippen LogP contribution in [-0.2, 0) is 4.79 Å². The molecule has 1 aromatic heterocycles. The molecule has 1 saturated heterocycles. The fraction of sp³-hybridized carbons (Fsp3) is 0.200. The largest absolute Gasteiger partial charge is 0.448 e. The van der Waals surface area contributed by atoms with Crippen LogP contribution >= 0.6 is 0 Å². The summed E-state index contributed by atoms with van der Waals surface area (Å²) in [5.41, 5.74) is 2.06. The van der Waals surface area contributed by atoms with Gasteiger partial charge in [-0.1, -0.05) is 12.1 Å². The van der Waals surface area contributed by atoms with E-state index in [1.807, 2.05) is 0 Å². The maximum absolute atomic E-state index is 13.8. The molecule has 1 aliphatic heterocycles. The maximum Gasteiger partial charge on any atom is 0.291 e. The summed E-state index contributed by atoms with van der Waals surface area (Å²) in [5.74, 6) is -0.738. The number of amides is 2. The zero-order valence-electron chi connectivity index (χ0n) is 14.2. The van der Waals surface area contributed by atoms with E-state index in [1.54, 1.807) is 48.2 Å². The van der Waals surface area contributed by atoms with Gasteiger partial charge >= 0.3 is 0 Å². The van der Waals surface area contributed by atoms with Crippen LogP contribution in [0.15, 0.2) is 46.9 Å². The van der Waals surface area contributed by atoms with Gasteiger partial charge in [-0.15, -0.1) is 0 Å². The third kappa shape index (κ3) is 2.73. The number of nitrogens with zero attached hydrogens (tertiary/aromatic N) is 1. The van der Waals surface area contributed by atoms with Crippen LogP contribution in [0.1, 0.15) is 29.0 Å². The number of furan rings is 1. The van der Waals surface area contributed by atoms with Gasteiger partial charge < -0.3 is 14.6 Å². The minimum Gasteiger partial charge on any atom is -0.448 e. The highest BCUT2D eigenvalue weighted by Crippen LogP contribution is 2.28. The van der Waals surface area contributed by atoms with E-state index in [1.165, 1.54) is 6.07 Å². The number of aryl methyl sites for hydroxylation is 1. The van der Waals surface area contributed by atoms with E-state index in [-0.39, 0.29) is 17.3 Å². The van der Waals surface area contributed by atoms with Crippen LogP contribution in [-0.4, -0.2) is 18.4 Å². The molecule has 6 heteroatoms. The molecule has 4 rings (SSSR count). The zero-order chi connectivity index (χ0) is 18.3. The lowest BCUT2D eigenvalue weighted by atomic mass is 10.1. The van der Waals surface area contributed by atoms with E-state index in [0.29, 0.717) is 29.6 Å². The van der Waals surface area contributed by atoms with Crippen molar-refractivity contribution in [3.05, 3.63) is 59.6 Å². The second-order valence-electron chi connectivity index (χ2n) is 6.32. The molecular weight excluding hydrogens is 335 g/mol. The van der Waals surface area contributed by atoms with Gasteiger partial charge in [0.05, 0.1) is 0 Å². The molecule has 132 valence electrons. The number of hydrogen-bond donors (Lipinski definition) is 1. The van der Waals surface area contributed by atoms with Crippen molar-refractivity contribution in [2.45, 2.75) is 19.8 Å². The standard InChI is InChI=1S/C20H17FN2O3/c1-12-15-4-2-5-16(21)19(15)26-18(12)20(25)22-13-7-9-14(10-8-13)23-11-3-6-17(23)24/h2,4-5,7-10H,3,6,11H2,1H3,(H,22,25). The average Bonchev–Trinajstić information content (AvgIpc) is 3.21. The van der Waals surface area contributed by atoms with Crippen LogP contribution < -0.4 is 10.2 Å². The smallest absolute Gasteiger partial charge is 0.291 e. The summed E-state index contributed by atoms with van der Waals surface area (Å²) < 4.78 is 19.3. The first-order chi connectivity index (χ1) is 12.5. The van der Waals surface area contributed by atoms with Crippen molar-refractivity contribution in [1.82, 2.24) is 0 Å². The Hall–Kier alpha value is -3.15. The Morgan fingerprint density at radius 1 is 1.19 bits per heavy atom. The number of halogens is 1. The second-order valence-corrected chi connectivity index (χ2v) is 6.32. The number of nitrogens with one attached hydrogen (secondary N) is 1. The molecule has 26 heavy (non-hydrogen) atoms. The Kier molecular flexibility index (Phi) is 3.95. The minimum absolute atomic E-state index is 0.0815. The molecule has 0 atom stereocenters. The Balaban J connectivity index is 1.56. The van der Waals surface area contributed by atoms with Crippen molar-refractivity contribution < 1.29 is 18.4 Å². The van der Waals surface area contributed by atoms with Gasteiger partial charge in [0.1, 0.15) is 0 Å². The monoisotopic (exact) mass is 352 g/mol. The van der Waals surface area contributed by atoms with Crippen LogP contribution in [0.5, 0.6) is 0 Å². The lowest BCUT2D eigenvalue weighted by molar-refractivity contribution is -0.117. The topological polar surface area (TPSA) is 62.6 Å². The minimum atomic E-state index is -0.496. The van der Waals surface area contributed by atoms with Gasteiger partial charge in [-0.3, -0.25) is 9.59 Å². The lowest BCUT2D eigenvalue weighted by Gasteiger charge is -2.16. The number of carbonyl (C=O) groups excluding carboxylic acids is 2. The molecular formula is C20H17FN2O3. The molecule has 1 aliphatic rings. The van der Waals surface area contributed by atoms with Crippen molar-refractivity contribution in [3.8, 4) is 0 Å². The van der Waals surface area contributed by atoms with Gasteiger partial charge in [-0.05, 0) is 43.7 Å². The SMILES string of the molecule is Cc1c(C(=O)Nc2ccc(N3CCCC3=O)cc2)oc2c(F)cccc12. The van der Waals surface area contributed by atoms with Gasteiger partial charge in [0, 0.05) is 35.3 Å². The van der Waals surface area contributed by atoms with E-state index in [2.05, 4.69) is 5.32 Å². The summed E-state index contributed by atoms with van der Waals surface area (Å²) in [6.45, 7) is 2.44. The van der Waals surface area contributed by atoms with E-state index in [4.69, 9.17) is 4.42 Å². The highest BCUT2D eigenvalue weighted by molar-refractivity contribution is 6.06. The number of anilines is 2. The summed E-state index contributed by atoms with van der Waals surface area (Å²) >= 11 is 0. The second kappa shape index (κ2) is 6.29. The third-order valence-electron chi connectivity index (χ3n) is 4.63. The van der Waals surface area contributed by atoms with Crippen molar-refractivity contribution in [3.63, 3.8) is 0 Å². The van der Waals surface area contributed by atoms with Crippen LogP contribution in [0.2, 0.25) is 0 Å². The average molecular weight is 352 g/mol. The van der Waals surface area contributed by atoms with Crippen molar-refractivity contribution in [1.29, 1.82) is 0 Å². The first-order valence-electron chi connectivity index (χ1n) is 8.44. The molecule has 0 unspecified atom stereocenters. The molecule has 1 fully saturated rings. The summed E-state index contributed by atoms with van der Waals surface area (Å²) in [4.78, 5) is 26.0. The molecule has 2 heterocycles. The van der Waals surface area contributed by atoms with Gasteiger partial charge in [0.25, 0.3) is 5.91 Å². The number of hydrogen-bond acceptors (Lipinski definition) is 3. The number of benzene rings is 2. The molecule has 0 saturated carbocycles. The van der Waals surface area contributed by atoms with Crippen LogP contribution in [0, 0.1) is 12.7 Å². The van der Waals surface area contributed by atoms with Gasteiger partial charge in [-0.25, -0.2) is 4.39 Å². The van der Waals surface area contributed by atoms with E-state index in [0.717, 1.165) is 12.1 Å².